The molecule has 0 unspecified atom stereocenters. The number of hydrogen-bond acceptors (Lipinski definition) is 5. The van der Waals surface area contributed by atoms with Crippen LogP contribution in [0.2, 0.25) is 0 Å². The van der Waals surface area contributed by atoms with E-state index < -0.39 is 5.97 Å². The number of hydrogen-bond donors (Lipinski definition) is 0. The molecule has 0 spiro atoms. The molecule has 32 heavy (non-hydrogen) atoms. The van der Waals surface area contributed by atoms with Crippen molar-refractivity contribution in [2.45, 2.75) is 0 Å². The van der Waals surface area contributed by atoms with Crippen LogP contribution in [-0.4, -0.2) is 31.9 Å². The van der Waals surface area contributed by atoms with Crippen LogP contribution in [0.5, 0.6) is 5.75 Å². The zero-order valence-electron chi connectivity index (χ0n) is 17.4. The van der Waals surface area contributed by atoms with E-state index in [1.54, 1.807) is 54.5 Å². The highest BCUT2D eigenvalue weighted by atomic mass is 79.9. The van der Waals surface area contributed by atoms with Gasteiger partial charge in [0.05, 0.1) is 25.5 Å². The lowest BCUT2D eigenvalue weighted by molar-refractivity contribution is -0.113. The molecular formula is C25H19BrN2O4. The molecule has 0 saturated heterocycles. The zero-order valence-corrected chi connectivity index (χ0v) is 19.0. The van der Waals surface area contributed by atoms with E-state index >= 15 is 0 Å². The van der Waals surface area contributed by atoms with Gasteiger partial charge in [-0.3, -0.25) is 9.69 Å². The van der Waals surface area contributed by atoms with Crippen molar-refractivity contribution in [1.82, 2.24) is 0 Å². The van der Waals surface area contributed by atoms with Gasteiger partial charge in [-0.1, -0.05) is 46.3 Å². The van der Waals surface area contributed by atoms with Crippen LogP contribution in [0.4, 0.5) is 5.69 Å². The van der Waals surface area contributed by atoms with Crippen LogP contribution in [0.1, 0.15) is 21.5 Å². The Kier molecular flexibility index (Phi) is 6.18. The normalized spacial score (nSPS) is 14.5. The van der Waals surface area contributed by atoms with Gasteiger partial charge in [0.15, 0.2) is 0 Å². The van der Waals surface area contributed by atoms with E-state index in [1.165, 1.54) is 7.11 Å². The van der Waals surface area contributed by atoms with E-state index in [9.17, 15) is 9.59 Å². The number of amides is 1. The summed E-state index contributed by atoms with van der Waals surface area (Å²) in [6, 6.07) is 21.6. The third-order valence-corrected chi connectivity index (χ3v) is 5.63. The maximum atomic E-state index is 13.4. The minimum absolute atomic E-state index is 0.252. The molecule has 0 aliphatic carbocycles. The third kappa shape index (κ3) is 4.20. The smallest absolute Gasteiger partial charge is 0.337 e. The van der Waals surface area contributed by atoms with Crippen molar-refractivity contribution in [3.05, 3.63) is 99.7 Å². The second kappa shape index (κ2) is 9.20. The number of aliphatic imine (C=N–C) groups is 1. The molecule has 0 radical (unpaired) electrons. The van der Waals surface area contributed by atoms with E-state index in [2.05, 4.69) is 20.9 Å². The molecule has 0 aromatic heterocycles. The fraction of sp³-hybridized carbons (Fsp3) is 0.0800. The second-order valence-electron chi connectivity index (χ2n) is 6.90. The van der Waals surface area contributed by atoms with E-state index in [4.69, 9.17) is 9.47 Å². The molecule has 1 aliphatic rings. The molecule has 0 fully saturated rings. The molecule has 0 bridgehead atoms. The van der Waals surface area contributed by atoms with Gasteiger partial charge in [-0.25, -0.2) is 9.79 Å². The fourth-order valence-electron chi connectivity index (χ4n) is 3.30. The Balaban J connectivity index is 1.77. The molecule has 160 valence electrons. The van der Waals surface area contributed by atoms with Gasteiger partial charge in [0.25, 0.3) is 5.91 Å². The lowest BCUT2D eigenvalue weighted by Crippen LogP contribution is -2.32. The monoisotopic (exact) mass is 490 g/mol. The Morgan fingerprint density at radius 3 is 2.28 bits per heavy atom. The quantitative estimate of drug-likeness (QED) is 0.369. The number of nitrogens with zero attached hydrogens (tertiary/aromatic N) is 2. The number of benzene rings is 3. The van der Waals surface area contributed by atoms with Crippen LogP contribution in [-0.2, 0) is 9.53 Å². The number of carbonyl (C=O) groups excluding carboxylic acids is 2. The number of amidine groups is 1. The highest BCUT2D eigenvalue weighted by Gasteiger charge is 2.33. The molecule has 0 N–H and O–H groups in total. The Labute approximate surface area is 193 Å². The summed E-state index contributed by atoms with van der Waals surface area (Å²) in [5.74, 6) is 0.547. The maximum absolute atomic E-state index is 13.4. The summed E-state index contributed by atoms with van der Waals surface area (Å²) in [5.41, 5.74) is 2.94. The molecule has 0 saturated carbocycles. The van der Waals surface area contributed by atoms with Crippen LogP contribution in [0.25, 0.3) is 6.08 Å². The number of ether oxygens (including phenoxy) is 2. The summed E-state index contributed by atoms with van der Waals surface area (Å²) in [6.45, 7) is 0. The van der Waals surface area contributed by atoms with Crippen molar-refractivity contribution in [3.63, 3.8) is 0 Å². The molecule has 7 heteroatoms. The van der Waals surface area contributed by atoms with Crippen LogP contribution >= 0.6 is 15.9 Å². The topological polar surface area (TPSA) is 68.2 Å². The van der Waals surface area contributed by atoms with E-state index in [1.807, 2.05) is 36.4 Å². The predicted octanol–water partition coefficient (Wildman–Crippen LogP) is 5.08. The zero-order chi connectivity index (χ0) is 22.7. The number of carbonyl (C=O) groups is 2. The standard InChI is InChI=1S/C25H19BrN2O4/c1-31-19-13-11-18(12-14-19)28-23(20-5-3-4-6-21(20)26)27-22(24(28)29)15-16-7-9-17(10-8-16)25(30)32-2/h3-15H,1-2H3/b22-15+. The second-order valence-corrected chi connectivity index (χ2v) is 7.75. The van der Waals surface area contributed by atoms with Gasteiger partial charge in [0, 0.05) is 10.0 Å². The van der Waals surface area contributed by atoms with Gasteiger partial charge < -0.3 is 9.47 Å². The summed E-state index contributed by atoms with van der Waals surface area (Å²) in [5, 5.41) is 0. The molecule has 0 atom stereocenters. The number of halogens is 1. The number of anilines is 1. The van der Waals surface area contributed by atoms with E-state index in [0.717, 1.165) is 15.6 Å². The van der Waals surface area contributed by atoms with Crippen molar-refractivity contribution in [2.75, 3.05) is 19.1 Å². The molecule has 3 aromatic carbocycles. The Morgan fingerprint density at radius 2 is 1.66 bits per heavy atom. The van der Waals surface area contributed by atoms with Gasteiger partial charge >= 0.3 is 5.97 Å². The van der Waals surface area contributed by atoms with E-state index in [-0.39, 0.29) is 11.6 Å². The Morgan fingerprint density at radius 1 is 0.969 bits per heavy atom. The lowest BCUT2D eigenvalue weighted by atomic mass is 10.1. The molecule has 6 nitrogen and oxygen atoms in total. The van der Waals surface area contributed by atoms with Crippen molar-refractivity contribution in [2.24, 2.45) is 4.99 Å². The Bertz CT molecular complexity index is 1230. The lowest BCUT2D eigenvalue weighted by Gasteiger charge is -2.19. The minimum atomic E-state index is -0.416. The first kappa shape index (κ1) is 21.5. The molecule has 4 rings (SSSR count). The van der Waals surface area contributed by atoms with Crippen LogP contribution in [0.15, 0.2) is 88.0 Å². The SMILES string of the molecule is COC(=O)c1ccc(/C=C2/N=C(c3ccccc3Br)N(c3ccc(OC)cc3)C2=O)cc1. The average Bonchev–Trinajstić information content (AvgIpc) is 3.15. The van der Waals surface area contributed by atoms with Gasteiger partial charge in [-0.05, 0) is 54.1 Å². The van der Waals surface area contributed by atoms with Crippen molar-refractivity contribution >= 4 is 45.4 Å². The van der Waals surface area contributed by atoms with Crippen LogP contribution < -0.4 is 9.64 Å². The molecule has 1 heterocycles. The third-order valence-electron chi connectivity index (χ3n) is 4.94. The van der Waals surface area contributed by atoms with Gasteiger partial charge in [0.2, 0.25) is 0 Å². The number of methoxy groups -OCH3 is 2. The summed E-state index contributed by atoms with van der Waals surface area (Å²) < 4.78 is 10.8. The van der Waals surface area contributed by atoms with Gasteiger partial charge in [0.1, 0.15) is 17.3 Å². The van der Waals surface area contributed by atoms with Gasteiger partial charge in [-0.2, -0.15) is 0 Å². The summed E-state index contributed by atoms with van der Waals surface area (Å²) in [7, 11) is 2.93. The van der Waals surface area contributed by atoms with Crippen LogP contribution in [0, 0.1) is 0 Å². The average molecular weight is 491 g/mol. The first-order chi connectivity index (χ1) is 15.5. The van der Waals surface area contributed by atoms with Crippen LogP contribution in [0.3, 0.4) is 0 Å². The first-order valence-electron chi connectivity index (χ1n) is 9.74. The summed E-state index contributed by atoms with van der Waals surface area (Å²) >= 11 is 3.56. The van der Waals surface area contributed by atoms with Gasteiger partial charge in [-0.15, -0.1) is 0 Å². The first-order valence-corrected chi connectivity index (χ1v) is 10.5. The van der Waals surface area contributed by atoms with Crippen molar-refractivity contribution in [1.29, 1.82) is 0 Å². The van der Waals surface area contributed by atoms with Crippen molar-refractivity contribution in [3.8, 4) is 5.75 Å². The Hall–Kier alpha value is -3.71. The molecule has 1 aliphatic heterocycles. The van der Waals surface area contributed by atoms with E-state index in [0.29, 0.717) is 22.8 Å². The minimum Gasteiger partial charge on any atom is -0.497 e. The molecular weight excluding hydrogens is 472 g/mol. The molecule has 1 amide bonds. The number of rotatable bonds is 5. The maximum Gasteiger partial charge on any atom is 0.337 e. The predicted molar refractivity (Wildman–Crippen MR) is 127 cm³/mol. The highest BCUT2D eigenvalue weighted by molar-refractivity contribution is 9.10. The van der Waals surface area contributed by atoms with Crippen molar-refractivity contribution < 1.29 is 19.1 Å². The number of esters is 1. The molecule has 3 aromatic rings. The fourth-order valence-corrected chi connectivity index (χ4v) is 3.76. The highest BCUT2D eigenvalue weighted by Crippen LogP contribution is 2.31. The largest absolute Gasteiger partial charge is 0.497 e. The summed E-state index contributed by atoms with van der Waals surface area (Å²) in [4.78, 5) is 31.3. The summed E-state index contributed by atoms with van der Waals surface area (Å²) in [6.07, 6.45) is 1.70.